The molecular formula is C18H10BrClN4O2. The van der Waals surface area contributed by atoms with Gasteiger partial charge >= 0.3 is 0 Å². The van der Waals surface area contributed by atoms with Crippen LogP contribution in [0.25, 0.3) is 0 Å². The highest BCUT2D eigenvalue weighted by molar-refractivity contribution is 9.10. The third-order valence-electron chi connectivity index (χ3n) is 4.39. The first-order valence-electron chi connectivity index (χ1n) is 7.70. The molecule has 1 unspecified atom stereocenters. The van der Waals surface area contributed by atoms with Crippen molar-refractivity contribution in [3.63, 3.8) is 0 Å². The Kier molecular flexibility index (Phi) is 3.26. The molecule has 128 valence electrons. The molecule has 0 fully saturated rings. The molecule has 2 aliphatic rings. The van der Waals surface area contributed by atoms with E-state index in [1.807, 2.05) is 30.3 Å². The average Bonchev–Trinajstić information content (AvgIpc) is 2.63. The molecule has 1 spiro atoms. The maximum atomic E-state index is 6.20. The monoisotopic (exact) mass is 428 g/mol. The van der Waals surface area contributed by atoms with E-state index < -0.39 is 5.60 Å². The maximum absolute atomic E-state index is 6.20. The smallest absolute Gasteiger partial charge is 0.290 e. The molecule has 0 radical (unpaired) electrons. The normalized spacial score (nSPS) is 19.5. The summed E-state index contributed by atoms with van der Waals surface area (Å²) in [5.41, 5.74) is 7.16. The third kappa shape index (κ3) is 2.07. The van der Waals surface area contributed by atoms with Crippen molar-refractivity contribution < 1.29 is 9.47 Å². The van der Waals surface area contributed by atoms with E-state index in [2.05, 4.69) is 30.9 Å². The van der Waals surface area contributed by atoms with E-state index in [-0.39, 0.29) is 6.02 Å². The van der Waals surface area contributed by atoms with Crippen LogP contribution in [0.15, 0.2) is 58.3 Å². The number of nitrogens with zero attached hydrogens (tertiary/aromatic N) is 3. The summed E-state index contributed by atoms with van der Waals surface area (Å²) in [6.07, 6.45) is 3.24. The van der Waals surface area contributed by atoms with E-state index in [1.165, 1.54) is 0 Å². The first-order chi connectivity index (χ1) is 12.6. The first-order valence-corrected chi connectivity index (χ1v) is 8.87. The second-order valence-electron chi connectivity index (χ2n) is 5.85. The minimum atomic E-state index is -1.09. The van der Waals surface area contributed by atoms with Crippen LogP contribution in [-0.2, 0) is 10.3 Å². The Balaban J connectivity index is 1.94. The Morgan fingerprint density at radius 2 is 1.88 bits per heavy atom. The summed E-state index contributed by atoms with van der Waals surface area (Å²) in [7, 11) is 0. The molecular weight excluding hydrogens is 420 g/mol. The van der Waals surface area contributed by atoms with Gasteiger partial charge in [-0.2, -0.15) is 4.99 Å². The molecule has 0 saturated heterocycles. The van der Waals surface area contributed by atoms with Crippen LogP contribution in [0.2, 0.25) is 5.15 Å². The molecule has 26 heavy (non-hydrogen) atoms. The van der Waals surface area contributed by atoms with Crippen molar-refractivity contribution in [2.75, 3.05) is 0 Å². The molecule has 4 heterocycles. The first kappa shape index (κ1) is 15.6. The zero-order valence-corrected chi connectivity index (χ0v) is 15.5. The van der Waals surface area contributed by atoms with E-state index in [1.54, 1.807) is 18.5 Å². The summed E-state index contributed by atoms with van der Waals surface area (Å²) < 4.78 is 13.1. The van der Waals surface area contributed by atoms with E-state index in [4.69, 9.17) is 26.8 Å². The fraction of sp³-hybridized carbons (Fsp3) is 0.0556. The number of hydrogen-bond donors (Lipinski definition) is 1. The number of fused-ring (bicyclic) bond motifs is 6. The van der Waals surface area contributed by atoms with Crippen molar-refractivity contribution in [2.45, 2.75) is 5.60 Å². The second kappa shape index (κ2) is 5.43. The Hall–Kier alpha value is -2.64. The van der Waals surface area contributed by atoms with Crippen molar-refractivity contribution in [3.05, 3.63) is 75.1 Å². The van der Waals surface area contributed by atoms with Crippen LogP contribution in [0, 0.1) is 0 Å². The zero-order chi connectivity index (χ0) is 17.9. The number of hydrogen-bond acceptors (Lipinski definition) is 6. The van der Waals surface area contributed by atoms with Gasteiger partial charge in [0, 0.05) is 21.8 Å². The van der Waals surface area contributed by atoms with Gasteiger partial charge in [-0.15, -0.1) is 0 Å². The molecule has 0 amide bonds. The van der Waals surface area contributed by atoms with Gasteiger partial charge in [-0.1, -0.05) is 27.5 Å². The topological polar surface area (TPSA) is 82.6 Å². The Labute approximate surface area is 161 Å². The number of nitrogens with two attached hydrogens (primary N) is 1. The molecule has 0 bridgehead atoms. The van der Waals surface area contributed by atoms with Gasteiger partial charge in [0.05, 0.1) is 11.8 Å². The predicted octanol–water partition coefficient (Wildman–Crippen LogP) is 4.27. The molecule has 1 atom stereocenters. The van der Waals surface area contributed by atoms with Gasteiger partial charge in [0.1, 0.15) is 10.9 Å². The third-order valence-corrected chi connectivity index (χ3v) is 5.09. The molecule has 3 aromatic rings. The Morgan fingerprint density at radius 1 is 1.04 bits per heavy atom. The number of aliphatic imine (C=N–C) groups is 1. The lowest BCUT2D eigenvalue weighted by Crippen LogP contribution is -2.42. The lowest BCUT2D eigenvalue weighted by Gasteiger charge is -2.41. The Morgan fingerprint density at radius 3 is 2.77 bits per heavy atom. The quantitative estimate of drug-likeness (QED) is 0.540. The lowest BCUT2D eigenvalue weighted by atomic mass is 9.78. The SMILES string of the molecule is NC1=Nc2ncccc2C2(O1)c1cc(Br)ccc1Oc1cnc(Cl)cc12. The highest BCUT2D eigenvalue weighted by Gasteiger charge is 2.50. The van der Waals surface area contributed by atoms with Crippen molar-refractivity contribution >= 4 is 39.4 Å². The zero-order valence-electron chi connectivity index (χ0n) is 13.1. The van der Waals surface area contributed by atoms with Gasteiger partial charge in [0.25, 0.3) is 6.02 Å². The number of ether oxygens (including phenoxy) is 2. The number of pyridine rings is 2. The number of halogens is 2. The molecule has 2 N–H and O–H groups in total. The van der Waals surface area contributed by atoms with Crippen LogP contribution in [-0.4, -0.2) is 16.0 Å². The van der Waals surface area contributed by atoms with Crippen LogP contribution in [0.1, 0.15) is 16.7 Å². The van der Waals surface area contributed by atoms with Gasteiger partial charge in [0.2, 0.25) is 0 Å². The summed E-state index contributed by atoms with van der Waals surface area (Å²) in [4.78, 5) is 12.7. The summed E-state index contributed by atoms with van der Waals surface area (Å²) in [5.74, 6) is 1.66. The van der Waals surface area contributed by atoms with Gasteiger partial charge < -0.3 is 15.2 Å². The molecule has 0 saturated carbocycles. The van der Waals surface area contributed by atoms with Crippen molar-refractivity contribution in [1.29, 1.82) is 0 Å². The second-order valence-corrected chi connectivity index (χ2v) is 7.16. The van der Waals surface area contributed by atoms with Crippen LogP contribution < -0.4 is 10.5 Å². The Bertz CT molecular complexity index is 1050. The minimum Gasteiger partial charge on any atom is -0.455 e. The number of rotatable bonds is 0. The molecule has 2 aromatic heterocycles. The van der Waals surface area contributed by atoms with Crippen molar-refractivity contribution in [1.82, 2.24) is 9.97 Å². The van der Waals surface area contributed by atoms with E-state index in [9.17, 15) is 0 Å². The molecule has 5 rings (SSSR count). The average molecular weight is 430 g/mol. The van der Waals surface area contributed by atoms with E-state index in [0.717, 1.165) is 15.6 Å². The fourth-order valence-electron chi connectivity index (χ4n) is 3.40. The maximum Gasteiger partial charge on any atom is 0.290 e. The fourth-order valence-corrected chi connectivity index (χ4v) is 3.92. The summed E-state index contributed by atoms with van der Waals surface area (Å²) in [6.45, 7) is 0. The molecule has 6 nitrogen and oxygen atoms in total. The highest BCUT2D eigenvalue weighted by atomic mass is 79.9. The van der Waals surface area contributed by atoms with Gasteiger partial charge in [-0.05, 0) is 36.4 Å². The number of amidine groups is 1. The largest absolute Gasteiger partial charge is 0.455 e. The minimum absolute atomic E-state index is 0.0166. The van der Waals surface area contributed by atoms with Gasteiger partial charge in [-0.25, -0.2) is 9.97 Å². The standard InChI is InChI=1S/C18H10BrClN4O2/c19-9-3-4-13-11(6-9)18(12-7-15(20)23-8-14(12)25-13)10-2-1-5-22-16(10)24-17(21)26-18/h1-8H,(H2,21,22,24). The summed E-state index contributed by atoms with van der Waals surface area (Å²) in [6, 6.07) is 11.2. The van der Waals surface area contributed by atoms with E-state index >= 15 is 0 Å². The van der Waals surface area contributed by atoms with Crippen LogP contribution in [0.4, 0.5) is 5.82 Å². The lowest BCUT2D eigenvalue weighted by molar-refractivity contribution is 0.119. The predicted molar refractivity (Wildman–Crippen MR) is 99.9 cm³/mol. The molecule has 0 aliphatic carbocycles. The van der Waals surface area contributed by atoms with E-state index in [0.29, 0.717) is 28.0 Å². The summed E-state index contributed by atoms with van der Waals surface area (Å²) >= 11 is 9.72. The van der Waals surface area contributed by atoms with Crippen molar-refractivity contribution in [2.24, 2.45) is 10.7 Å². The molecule has 8 heteroatoms. The van der Waals surface area contributed by atoms with Crippen molar-refractivity contribution in [3.8, 4) is 11.5 Å². The van der Waals surface area contributed by atoms with Gasteiger partial charge in [0.15, 0.2) is 17.2 Å². The van der Waals surface area contributed by atoms with Crippen LogP contribution in [0.5, 0.6) is 11.5 Å². The van der Waals surface area contributed by atoms with Crippen LogP contribution >= 0.6 is 27.5 Å². The number of benzene rings is 1. The number of aromatic nitrogens is 2. The summed E-state index contributed by atoms with van der Waals surface area (Å²) in [5, 5.41) is 0.320. The molecule has 1 aromatic carbocycles. The van der Waals surface area contributed by atoms with Gasteiger partial charge in [-0.3, -0.25) is 0 Å². The molecule has 2 aliphatic heterocycles. The van der Waals surface area contributed by atoms with Crippen LogP contribution in [0.3, 0.4) is 0 Å². The highest BCUT2D eigenvalue weighted by Crippen LogP contribution is 2.55.